The molecule has 0 heterocycles. The maximum absolute atomic E-state index is 11.2. The van der Waals surface area contributed by atoms with Crippen LogP contribution in [0.1, 0.15) is 33.1 Å². The molecule has 0 aromatic heterocycles. The van der Waals surface area contributed by atoms with Crippen molar-refractivity contribution >= 4 is 35.2 Å². The summed E-state index contributed by atoms with van der Waals surface area (Å²) in [7, 11) is 0. The number of thioether (sulfide) groups is 1. The zero-order valence-corrected chi connectivity index (χ0v) is 10.6. The second kappa shape index (κ2) is 8.74. The van der Waals surface area contributed by atoms with Crippen LogP contribution < -0.4 is 0 Å². The van der Waals surface area contributed by atoms with E-state index in [1.54, 1.807) is 6.92 Å². The number of hydrogen-bond acceptors (Lipinski definition) is 6. The molecular weight excluding hydrogens is 246 g/mol. The molecule has 6 nitrogen and oxygen atoms in total. The van der Waals surface area contributed by atoms with E-state index in [9.17, 15) is 19.2 Å². The first kappa shape index (κ1) is 15.6. The van der Waals surface area contributed by atoms with E-state index in [-0.39, 0.29) is 30.1 Å². The molecule has 0 aliphatic rings. The molecule has 0 saturated heterocycles. The third kappa shape index (κ3) is 7.51. The van der Waals surface area contributed by atoms with Gasteiger partial charge >= 0.3 is 5.97 Å². The molecule has 17 heavy (non-hydrogen) atoms. The van der Waals surface area contributed by atoms with Crippen molar-refractivity contribution in [3.05, 3.63) is 0 Å². The number of nitrogens with zero attached hydrogens (tertiary/aromatic N) is 1. The predicted octanol–water partition coefficient (Wildman–Crippen LogP) is 0.899. The van der Waals surface area contributed by atoms with Crippen LogP contribution in [0.5, 0.6) is 0 Å². The highest BCUT2D eigenvalue weighted by Gasteiger charge is 2.17. The molecule has 0 atom stereocenters. The Bertz CT molecular complexity index is 305. The van der Waals surface area contributed by atoms with Crippen molar-refractivity contribution in [2.45, 2.75) is 33.1 Å². The fraction of sp³-hybridized carbons (Fsp3) is 0.600. The average molecular weight is 261 g/mol. The number of hydrogen-bond donors (Lipinski definition) is 0. The summed E-state index contributed by atoms with van der Waals surface area (Å²) in [6.07, 6.45) is 0.817. The maximum Gasteiger partial charge on any atom is 0.334 e. The number of carbonyl (C=O) groups excluding carboxylic acids is 4. The van der Waals surface area contributed by atoms with Gasteiger partial charge < -0.3 is 4.84 Å². The number of rotatable bonds is 6. The maximum atomic E-state index is 11.2. The zero-order valence-electron chi connectivity index (χ0n) is 9.80. The molecule has 0 aliphatic heterocycles. The Kier molecular flexibility index (Phi) is 8.04. The van der Waals surface area contributed by atoms with Crippen LogP contribution in [0.3, 0.4) is 0 Å². The molecule has 7 heteroatoms. The van der Waals surface area contributed by atoms with Gasteiger partial charge in [-0.15, -0.1) is 5.06 Å². The lowest BCUT2D eigenvalue weighted by molar-refractivity contribution is -0.196. The van der Waals surface area contributed by atoms with Crippen molar-refractivity contribution < 1.29 is 24.0 Å². The summed E-state index contributed by atoms with van der Waals surface area (Å²) in [5.74, 6) is -1.01. The minimum Gasteiger partial charge on any atom is -0.331 e. The van der Waals surface area contributed by atoms with Gasteiger partial charge in [0.25, 0.3) is 12.3 Å². The molecule has 0 aromatic rings. The Balaban J connectivity index is 4.02. The second-order valence-corrected chi connectivity index (χ2v) is 4.40. The Hall–Kier alpha value is -1.37. The molecule has 0 unspecified atom stereocenters. The summed E-state index contributed by atoms with van der Waals surface area (Å²) in [5.41, 5.74) is 0. The largest absolute Gasteiger partial charge is 0.334 e. The molecule has 0 aliphatic carbocycles. The van der Waals surface area contributed by atoms with Gasteiger partial charge in [0.05, 0.1) is 6.42 Å². The van der Waals surface area contributed by atoms with Gasteiger partial charge in [0.15, 0.2) is 5.12 Å². The summed E-state index contributed by atoms with van der Waals surface area (Å²) >= 11 is 0.981. The van der Waals surface area contributed by atoms with E-state index in [1.807, 2.05) is 0 Å². The molecule has 0 spiro atoms. The van der Waals surface area contributed by atoms with E-state index in [2.05, 4.69) is 4.84 Å². The molecule has 96 valence electrons. The van der Waals surface area contributed by atoms with Crippen molar-refractivity contribution in [3.63, 3.8) is 0 Å². The van der Waals surface area contributed by atoms with E-state index in [0.29, 0.717) is 11.5 Å². The molecule has 0 bridgehead atoms. The normalized spacial score (nSPS) is 9.53. The molecule has 0 radical (unpaired) electrons. The zero-order chi connectivity index (χ0) is 13.3. The Morgan fingerprint density at radius 2 is 1.94 bits per heavy atom. The lowest BCUT2D eigenvalue weighted by atomic mass is 10.3. The van der Waals surface area contributed by atoms with Crippen LogP contribution in [-0.4, -0.2) is 34.2 Å². The van der Waals surface area contributed by atoms with Crippen LogP contribution in [0.15, 0.2) is 0 Å². The lowest BCUT2D eigenvalue weighted by Crippen LogP contribution is -2.32. The molecule has 0 saturated carbocycles. The van der Waals surface area contributed by atoms with Crippen LogP contribution in [0.2, 0.25) is 0 Å². The standard InChI is InChI=1S/C10H15NO5S/c1-3-4-9(14)11(7-12)16-10(15)5-6-17-8(2)13/h7H,3-6H2,1-2H3. The van der Waals surface area contributed by atoms with Gasteiger partial charge in [-0.05, 0) is 6.42 Å². The minimum atomic E-state index is -0.713. The van der Waals surface area contributed by atoms with Gasteiger partial charge in [-0.3, -0.25) is 14.4 Å². The summed E-state index contributed by atoms with van der Waals surface area (Å²) in [6.45, 7) is 3.16. The van der Waals surface area contributed by atoms with E-state index < -0.39 is 11.9 Å². The number of hydroxylamine groups is 2. The highest BCUT2D eigenvalue weighted by atomic mass is 32.2. The summed E-state index contributed by atoms with van der Waals surface area (Å²) in [6, 6.07) is 0. The van der Waals surface area contributed by atoms with Crippen molar-refractivity contribution in [1.82, 2.24) is 5.06 Å². The number of carbonyl (C=O) groups is 4. The highest BCUT2D eigenvalue weighted by molar-refractivity contribution is 8.13. The number of imide groups is 1. The topological polar surface area (TPSA) is 80.8 Å². The molecule has 0 N–H and O–H groups in total. The fourth-order valence-electron chi connectivity index (χ4n) is 0.889. The Morgan fingerprint density at radius 1 is 1.29 bits per heavy atom. The summed E-state index contributed by atoms with van der Waals surface area (Å²) in [5, 5.41) is 0.289. The third-order valence-electron chi connectivity index (χ3n) is 1.62. The van der Waals surface area contributed by atoms with Crippen molar-refractivity contribution in [2.75, 3.05) is 5.75 Å². The smallest absolute Gasteiger partial charge is 0.331 e. The molecule has 0 fully saturated rings. The van der Waals surface area contributed by atoms with Crippen LogP contribution in [0.4, 0.5) is 0 Å². The number of amides is 2. The fourth-order valence-corrected chi connectivity index (χ4v) is 1.44. The molecule has 2 amide bonds. The highest BCUT2D eigenvalue weighted by Crippen LogP contribution is 2.05. The second-order valence-electron chi connectivity index (χ2n) is 3.13. The van der Waals surface area contributed by atoms with E-state index >= 15 is 0 Å². The first-order chi connectivity index (χ1) is 8.01. The SMILES string of the molecule is CCCC(=O)N(C=O)OC(=O)CCSC(C)=O. The van der Waals surface area contributed by atoms with E-state index in [0.717, 1.165) is 11.8 Å². The molecular formula is C10H15NO5S. The third-order valence-corrected chi connectivity index (χ3v) is 2.43. The summed E-state index contributed by atoms with van der Waals surface area (Å²) < 4.78 is 0. The van der Waals surface area contributed by atoms with Gasteiger partial charge in [0.1, 0.15) is 0 Å². The van der Waals surface area contributed by atoms with Gasteiger partial charge in [-0.2, -0.15) is 0 Å². The van der Waals surface area contributed by atoms with Crippen molar-refractivity contribution in [3.8, 4) is 0 Å². The first-order valence-electron chi connectivity index (χ1n) is 5.12. The Morgan fingerprint density at radius 3 is 2.41 bits per heavy atom. The van der Waals surface area contributed by atoms with E-state index in [4.69, 9.17) is 0 Å². The average Bonchev–Trinajstić information content (AvgIpc) is 2.25. The van der Waals surface area contributed by atoms with Crippen LogP contribution >= 0.6 is 11.8 Å². The van der Waals surface area contributed by atoms with Gasteiger partial charge in [0, 0.05) is 19.1 Å². The molecule has 0 rings (SSSR count). The van der Waals surface area contributed by atoms with Crippen LogP contribution in [0, 0.1) is 0 Å². The van der Waals surface area contributed by atoms with Gasteiger partial charge in [-0.25, -0.2) is 4.79 Å². The quantitative estimate of drug-likeness (QED) is 0.522. The van der Waals surface area contributed by atoms with Crippen molar-refractivity contribution in [2.24, 2.45) is 0 Å². The monoisotopic (exact) mass is 261 g/mol. The predicted molar refractivity (Wildman–Crippen MR) is 61.7 cm³/mol. The van der Waals surface area contributed by atoms with Crippen molar-refractivity contribution in [1.29, 1.82) is 0 Å². The van der Waals surface area contributed by atoms with Crippen LogP contribution in [-0.2, 0) is 24.0 Å². The first-order valence-corrected chi connectivity index (χ1v) is 6.11. The van der Waals surface area contributed by atoms with E-state index in [1.165, 1.54) is 6.92 Å². The van der Waals surface area contributed by atoms with Gasteiger partial charge in [0.2, 0.25) is 0 Å². The summed E-state index contributed by atoms with van der Waals surface area (Å²) in [4.78, 5) is 48.1. The minimum absolute atomic E-state index is 0.0337. The van der Waals surface area contributed by atoms with Crippen LogP contribution in [0.25, 0.3) is 0 Å². The Labute approximate surface area is 104 Å². The van der Waals surface area contributed by atoms with Gasteiger partial charge in [-0.1, -0.05) is 18.7 Å². The lowest BCUT2D eigenvalue weighted by Gasteiger charge is -2.13. The molecule has 0 aromatic carbocycles.